The van der Waals surface area contributed by atoms with Crippen molar-refractivity contribution in [2.45, 2.75) is 83.6 Å². The lowest BCUT2D eigenvalue weighted by molar-refractivity contribution is -0.142. The minimum Gasteiger partial charge on any atom is -0.481 e. The van der Waals surface area contributed by atoms with E-state index in [0.29, 0.717) is 6.54 Å². The van der Waals surface area contributed by atoms with Crippen molar-refractivity contribution in [1.29, 1.82) is 0 Å². The van der Waals surface area contributed by atoms with Gasteiger partial charge in [-0.05, 0) is 12.0 Å². The molecule has 1 aliphatic rings. The number of amides is 1. The van der Waals surface area contributed by atoms with E-state index in [9.17, 15) is 14.7 Å². The molecule has 1 saturated heterocycles. The van der Waals surface area contributed by atoms with Crippen molar-refractivity contribution < 1.29 is 14.7 Å². The van der Waals surface area contributed by atoms with Crippen LogP contribution in [-0.2, 0) is 9.59 Å². The second-order valence-electron chi connectivity index (χ2n) is 7.77. The van der Waals surface area contributed by atoms with Crippen LogP contribution in [0.2, 0.25) is 0 Å². The van der Waals surface area contributed by atoms with Crippen LogP contribution in [0.15, 0.2) is 30.3 Å². The molecule has 1 fully saturated rings. The van der Waals surface area contributed by atoms with Gasteiger partial charge < -0.3 is 10.0 Å². The van der Waals surface area contributed by atoms with E-state index in [0.717, 1.165) is 18.4 Å². The molecular weight excluding hydrogens is 338 g/mol. The van der Waals surface area contributed by atoms with Crippen LogP contribution in [-0.4, -0.2) is 28.4 Å². The molecule has 0 aromatic heterocycles. The van der Waals surface area contributed by atoms with Crippen molar-refractivity contribution in [3.63, 3.8) is 0 Å². The first-order chi connectivity index (χ1) is 13.1. The van der Waals surface area contributed by atoms with Crippen LogP contribution in [0.4, 0.5) is 0 Å². The topological polar surface area (TPSA) is 57.6 Å². The van der Waals surface area contributed by atoms with Crippen LogP contribution in [0.25, 0.3) is 0 Å². The van der Waals surface area contributed by atoms with Crippen LogP contribution in [0.3, 0.4) is 0 Å². The highest BCUT2D eigenvalue weighted by atomic mass is 16.4. The van der Waals surface area contributed by atoms with Crippen molar-refractivity contribution in [3.05, 3.63) is 35.9 Å². The normalized spacial score (nSPS) is 19.6. The van der Waals surface area contributed by atoms with E-state index in [-0.39, 0.29) is 18.4 Å². The van der Waals surface area contributed by atoms with E-state index in [1.807, 2.05) is 30.3 Å². The number of rotatable bonds is 13. The molecule has 1 amide bonds. The molecule has 150 valence electrons. The Morgan fingerprint density at radius 1 is 0.963 bits per heavy atom. The van der Waals surface area contributed by atoms with Crippen LogP contribution < -0.4 is 0 Å². The Labute approximate surface area is 164 Å². The third-order valence-corrected chi connectivity index (χ3v) is 5.64. The summed E-state index contributed by atoms with van der Waals surface area (Å²) in [6, 6.07) is 9.29. The Morgan fingerprint density at radius 2 is 1.52 bits per heavy atom. The number of aliphatic carboxylic acids is 1. The molecule has 1 aliphatic heterocycles. The van der Waals surface area contributed by atoms with E-state index in [4.69, 9.17) is 0 Å². The molecule has 1 aromatic carbocycles. The summed E-state index contributed by atoms with van der Waals surface area (Å²) in [5.41, 5.74) is 0.933. The highest BCUT2D eigenvalue weighted by molar-refractivity contribution is 5.87. The minimum absolute atomic E-state index is 0.0211. The fourth-order valence-electron chi connectivity index (χ4n) is 4.11. The highest BCUT2D eigenvalue weighted by Crippen LogP contribution is 2.38. The number of hydrogen-bond acceptors (Lipinski definition) is 2. The number of benzene rings is 1. The first-order valence-electron chi connectivity index (χ1n) is 10.7. The summed E-state index contributed by atoms with van der Waals surface area (Å²) >= 11 is 0. The molecule has 1 heterocycles. The Morgan fingerprint density at radius 3 is 2.07 bits per heavy atom. The first-order valence-corrected chi connectivity index (χ1v) is 10.7. The summed E-state index contributed by atoms with van der Waals surface area (Å²) in [5.74, 6) is -1.53. The molecule has 0 unspecified atom stereocenters. The SMILES string of the molecule is CCCCCCCCCCCCN1C(=O)C[C@@H](C(=O)O)[C@H]1c1ccccc1. The summed E-state index contributed by atoms with van der Waals surface area (Å²) in [6.07, 6.45) is 12.6. The standard InChI is InChI=1S/C23H35NO3/c1-2-3-4-5-6-7-8-9-10-14-17-24-21(25)18-20(23(26)27)22(24)19-15-12-11-13-16-19/h11-13,15-16,20,22H,2-10,14,17-18H2,1H3,(H,26,27)/t20-,22-/m1/s1. The second-order valence-corrected chi connectivity index (χ2v) is 7.77. The number of unbranched alkanes of at least 4 members (excludes halogenated alkanes) is 9. The third-order valence-electron chi connectivity index (χ3n) is 5.64. The van der Waals surface area contributed by atoms with Crippen molar-refractivity contribution >= 4 is 11.9 Å². The fraction of sp³-hybridized carbons (Fsp3) is 0.652. The predicted octanol–water partition coefficient (Wildman–Crippen LogP) is 5.58. The van der Waals surface area contributed by atoms with Crippen molar-refractivity contribution in [2.24, 2.45) is 5.92 Å². The van der Waals surface area contributed by atoms with E-state index >= 15 is 0 Å². The largest absolute Gasteiger partial charge is 0.481 e. The number of carbonyl (C=O) groups excluding carboxylic acids is 1. The molecule has 2 rings (SSSR count). The van der Waals surface area contributed by atoms with Gasteiger partial charge in [0.05, 0.1) is 12.0 Å². The zero-order chi connectivity index (χ0) is 19.5. The van der Waals surface area contributed by atoms with E-state index in [2.05, 4.69) is 6.92 Å². The number of likely N-dealkylation sites (tertiary alicyclic amines) is 1. The van der Waals surface area contributed by atoms with Gasteiger partial charge in [-0.3, -0.25) is 9.59 Å². The van der Waals surface area contributed by atoms with Crippen molar-refractivity contribution in [3.8, 4) is 0 Å². The number of carboxylic acid groups (broad SMARTS) is 1. The second kappa shape index (κ2) is 11.8. The number of carbonyl (C=O) groups is 2. The lowest BCUT2D eigenvalue weighted by Gasteiger charge is -2.27. The summed E-state index contributed by atoms with van der Waals surface area (Å²) in [6.45, 7) is 2.91. The fourth-order valence-corrected chi connectivity index (χ4v) is 4.11. The maximum atomic E-state index is 12.4. The third kappa shape index (κ3) is 6.67. The van der Waals surface area contributed by atoms with Gasteiger partial charge in [0.15, 0.2) is 0 Å². The molecule has 1 aromatic rings. The lowest BCUT2D eigenvalue weighted by Crippen LogP contribution is -2.31. The molecule has 0 saturated carbocycles. The quantitative estimate of drug-likeness (QED) is 0.459. The summed E-state index contributed by atoms with van der Waals surface area (Å²) < 4.78 is 0. The maximum Gasteiger partial charge on any atom is 0.309 e. The van der Waals surface area contributed by atoms with Gasteiger partial charge in [0.25, 0.3) is 0 Å². The monoisotopic (exact) mass is 373 g/mol. The molecule has 0 spiro atoms. The van der Waals surface area contributed by atoms with E-state index in [1.54, 1.807) is 4.90 Å². The van der Waals surface area contributed by atoms with Crippen molar-refractivity contribution in [2.75, 3.05) is 6.54 Å². The average molecular weight is 374 g/mol. The zero-order valence-corrected chi connectivity index (χ0v) is 16.7. The minimum atomic E-state index is -0.872. The van der Waals surface area contributed by atoms with Gasteiger partial charge in [-0.2, -0.15) is 0 Å². The predicted molar refractivity (Wildman–Crippen MR) is 108 cm³/mol. The Hall–Kier alpha value is -1.84. The Bertz CT molecular complexity index is 572. The lowest BCUT2D eigenvalue weighted by atomic mass is 9.93. The van der Waals surface area contributed by atoms with Gasteiger partial charge in [-0.25, -0.2) is 0 Å². The summed E-state index contributed by atoms with van der Waals surface area (Å²) in [7, 11) is 0. The van der Waals surface area contributed by atoms with Crippen LogP contribution in [0, 0.1) is 5.92 Å². The molecule has 0 aliphatic carbocycles. The molecule has 0 bridgehead atoms. The van der Waals surface area contributed by atoms with Crippen LogP contribution in [0.5, 0.6) is 0 Å². The maximum absolute atomic E-state index is 12.4. The molecule has 1 N–H and O–H groups in total. The van der Waals surface area contributed by atoms with Gasteiger partial charge in [-0.15, -0.1) is 0 Å². The first kappa shape index (κ1) is 21.5. The van der Waals surface area contributed by atoms with E-state index < -0.39 is 11.9 Å². The highest BCUT2D eigenvalue weighted by Gasteiger charge is 2.44. The smallest absolute Gasteiger partial charge is 0.309 e. The van der Waals surface area contributed by atoms with Crippen LogP contribution in [0.1, 0.15) is 89.2 Å². The summed E-state index contributed by atoms with van der Waals surface area (Å²) in [5, 5.41) is 9.55. The van der Waals surface area contributed by atoms with E-state index in [1.165, 1.54) is 51.4 Å². The van der Waals surface area contributed by atoms with Crippen LogP contribution >= 0.6 is 0 Å². The van der Waals surface area contributed by atoms with Gasteiger partial charge in [-0.1, -0.05) is 95.0 Å². The Balaban J connectivity index is 1.75. The van der Waals surface area contributed by atoms with Crippen molar-refractivity contribution in [1.82, 2.24) is 4.90 Å². The molecule has 2 atom stereocenters. The molecule has 4 heteroatoms. The average Bonchev–Trinajstić information content (AvgIpc) is 3.01. The number of hydrogen-bond donors (Lipinski definition) is 1. The number of carboxylic acids is 1. The summed E-state index contributed by atoms with van der Waals surface area (Å²) in [4.78, 5) is 25.9. The van der Waals surface area contributed by atoms with Gasteiger partial charge in [0, 0.05) is 13.0 Å². The zero-order valence-electron chi connectivity index (χ0n) is 16.7. The van der Waals surface area contributed by atoms with Gasteiger partial charge >= 0.3 is 5.97 Å². The molecule has 4 nitrogen and oxygen atoms in total. The molecule has 0 radical (unpaired) electrons. The molecule has 27 heavy (non-hydrogen) atoms. The number of nitrogens with zero attached hydrogens (tertiary/aromatic N) is 1. The molecular formula is C23H35NO3. The van der Waals surface area contributed by atoms with Gasteiger partial charge in [0.2, 0.25) is 5.91 Å². The van der Waals surface area contributed by atoms with Gasteiger partial charge in [0.1, 0.15) is 0 Å². The Kier molecular flexibility index (Phi) is 9.37.